The number of benzene rings is 2. The van der Waals surface area contributed by atoms with Crippen LogP contribution in [0.5, 0.6) is 11.5 Å². The second-order valence-corrected chi connectivity index (χ2v) is 7.89. The number of hydrogen-bond acceptors (Lipinski definition) is 6. The van der Waals surface area contributed by atoms with Crippen molar-refractivity contribution in [2.45, 2.75) is 26.2 Å². The average molecular weight is 450 g/mol. The lowest BCUT2D eigenvalue weighted by atomic mass is 9.87. The second kappa shape index (κ2) is 8.83. The molecule has 0 spiro atoms. The average Bonchev–Trinajstić information content (AvgIpc) is 2.62. The number of rotatable bonds is 6. The lowest BCUT2D eigenvalue weighted by molar-refractivity contribution is -0.385. The third kappa shape index (κ3) is 5.78. The first-order valence-corrected chi connectivity index (χ1v) is 9.09. The number of carbonyl (C=O) groups is 1. The number of phenols is 1. The highest BCUT2D eigenvalue weighted by molar-refractivity contribution is 9.10. The number of aromatic hydroxyl groups is 1. The highest BCUT2D eigenvalue weighted by Crippen LogP contribution is 2.32. The monoisotopic (exact) mass is 449 g/mol. The van der Waals surface area contributed by atoms with E-state index in [1.54, 1.807) is 12.1 Å². The van der Waals surface area contributed by atoms with E-state index in [0.29, 0.717) is 10.2 Å². The number of ether oxygens (including phenoxy) is 1. The number of hydrogen-bond donors (Lipinski definition) is 2. The van der Waals surface area contributed by atoms with E-state index >= 15 is 0 Å². The van der Waals surface area contributed by atoms with Gasteiger partial charge in [0, 0.05) is 16.1 Å². The number of halogens is 1. The number of nitrogens with one attached hydrogen (secondary N) is 1. The van der Waals surface area contributed by atoms with Gasteiger partial charge in [0.05, 0.1) is 11.1 Å². The molecule has 0 aliphatic heterocycles. The first-order chi connectivity index (χ1) is 13.1. The summed E-state index contributed by atoms with van der Waals surface area (Å²) in [6.45, 7) is 6.06. The van der Waals surface area contributed by atoms with Crippen LogP contribution in [0.3, 0.4) is 0 Å². The Morgan fingerprint density at radius 1 is 1.32 bits per heavy atom. The summed E-state index contributed by atoms with van der Waals surface area (Å²) in [5, 5.41) is 24.5. The summed E-state index contributed by atoms with van der Waals surface area (Å²) < 4.78 is 5.79. The number of hydrazone groups is 1. The first kappa shape index (κ1) is 21.4. The Balaban J connectivity index is 1.93. The van der Waals surface area contributed by atoms with Crippen LogP contribution >= 0.6 is 15.9 Å². The number of amides is 1. The van der Waals surface area contributed by atoms with Crippen molar-refractivity contribution >= 4 is 33.7 Å². The van der Waals surface area contributed by atoms with Crippen LogP contribution in [0.25, 0.3) is 0 Å². The number of phenolic OH excluding ortho intramolecular Hbond substituents is 1. The van der Waals surface area contributed by atoms with Crippen molar-refractivity contribution in [3.05, 3.63) is 62.1 Å². The number of carbonyl (C=O) groups excluding carboxylic acids is 1. The standard InChI is InChI=1S/C19H20BrN3O5/c1-19(2,3)13-4-6-15(7-5-13)28-11-17(24)22-21-10-12-8-14(20)9-16(18(12)25)23(26)27/h4-10,25H,11H2,1-3H3,(H,22,24)/b21-10+. The summed E-state index contributed by atoms with van der Waals surface area (Å²) in [6, 6.07) is 10.1. The van der Waals surface area contributed by atoms with Crippen LogP contribution in [0.1, 0.15) is 31.9 Å². The predicted molar refractivity (Wildman–Crippen MR) is 109 cm³/mol. The van der Waals surface area contributed by atoms with Gasteiger partial charge in [-0.05, 0) is 29.2 Å². The molecular weight excluding hydrogens is 430 g/mol. The van der Waals surface area contributed by atoms with Gasteiger partial charge < -0.3 is 9.84 Å². The Labute approximate surface area is 170 Å². The van der Waals surface area contributed by atoms with Gasteiger partial charge in [-0.1, -0.05) is 48.8 Å². The maximum Gasteiger partial charge on any atom is 0.312 e. The minimum Gasteiger partial charge on any atom is -0.502 e. The fraction of sp³-hybridized carbons (Fsp3) is 0.263. The van der Waals surface area contributed by atoms with Gasteiger partial charge >= 0.3 is 5.69 Å². The fourth-order valence-corrected chi connectivity index (χ4v) is 2.71. The molecule has 0 bridgehead atoms. The minimum atomic E-state index is -0.714. The van der Waals surface area contributed by atoms with Crippen molar-refractivity contribution in [3.8, 4) is 11.5 Å². The van der Waals surface area contributed by atoms with Gasteiger partial charge in [-0.25, -0.2) is 5.43 Å². The Bertz CT molecular complexity index is 905. The lowest BCUT2D eigenvalue weighted by Crippen LogP contribution is -2.24. The summed E-state index contributed by atoms with van der Waals surface area (Å²) in [7, 11) is 0. The fourth-order valence-electron chi connectivity index (χ4n) is 2.25. The van der Waals surface area contributed by atoms with Crippen molar-refractivity contribution in [2.75, 3.05) is 6.61 Å². The molecule has 8 nitrogen and oxygen atoms in total. The number of nitro benzene ring substituents is 1. The molecule has 0 aliphatic rings. The Kier molecular flexibility index (Phi) is 6.74. The molecule has 0 heterocycles. The van der Waals surface area contributed by atoms with Crippen LogP contribution in [0.2, 0.25) is 0 Å². The van der Waals surface area contributed by atoms with Gasteiger partial charge in [0.15, 0.2) is 6.61 Å². The smallest absolute Gasteiger partial charge is 0.312 e. The molecule has 0 aromatic heterocycles. The highest BCUT2D eigenvalue weighted by Gasteiger charge is 2.17. The zero-order valence-electron chi connectivity index (χ0n) is 15.6. The van der Waals surface area contributed by atoms with Crippen LogP contribution in [-0.2, 0) is 10.2 Å². The maximum atomic E-state index is 11.8. The van der Waals surface area contributed by atoms with Crippen LogP contribution in [-0.4, -0.2) is 28.8 Å². The minimum absolute atomic E-state index is 0.0255. The van der Waals surface area contributed by atoms with Crippen molar-refractivity contribution in [2.24, 2.45) is 5.10 Å². The van der Waals surface area contributed by atoms with Gasteiger partial charge in [0.2, 0.25) is 5.75 Å². The van der Waals surface area contributed by atoms with Crippen LogP contribution < -0.4 is 10.2 Å². The Hall–Kier alpha value is -2.94. The molecule has 0 unspecified atom stereocenters. The molecule has 2 N–H and O–H groups in total. The maximum absolute atomic E-state index is 11.8. The third-order valence-corrected chi connectivity index (χ3v) is 4.22. The topological polar surface area (TPSA) is 114 Å². The van der Waals surface area contributed by atoms with Gasteiger partial charge in [-0.2, -0.15) is 5.10 Å². The van der Waals surface area contributed by atoms with E-state index in [1.807, 2.05) is 12.1 Å². The van der Waals surface area contributed by atoms with Crippen LogP contribution in [0.4, 0.5) is 5.69 Å². The molecule has 0 radical (unpaired) electrons. The zero-order valence-corrected chi connectivity index (χ0v) is 17.2. The van der Waals surface area contributed by atoms with Crippen molar-refractivity contribution in [1.29, 1.82) is 0 Å². The molecule has 1 amide bonds. The van der Waals surface area contributed by atoms with E-state index in [0.717, 1.165) is 11.8 Å². The first-order valence-electron chi connectivity index (χ1n) is 8.30. The lowest BCUT2D eigenvalue weighted by Gasteiger charge is -2.19. The van der Waals surface area contributed by atoms with Gasteiger partial charge in [0.25, 0.3) is 5.91 Å². The highest BCUT2D eigenvalue weighted by atomic mass is 79.9. The van der Waals surface area contributed by atoms with E-state index in [9.17, 15) is 20.0 Å². The summed E-state index contributed by atoms with van der Waals surface area (Å²) in [4.78, 5) is 22.0. The van der Waals surface area contributed by atoms with E-state index < -0.39 is 22.3 Å². The normalized spacial score (nSPS) is 11.4. The van der Waals surface area contributed by atoms with Crippen molar-refractivity contribution in [3.63, 3.8) is 0 Å². The third-order valence-electron chi connectivity index (χ3n) is 3.76. The van der Waals surface area contributed by atoms with Gasteiger partial charge in [0.1, 0.15) is 5.75 Å². The molecule has 2 aromatic carbocycles. The van der Waals surface area contributed by atoms with Crippen molar-refractivity contribution in [1.82, 2.24) is 5.43 Å². The zero-order chi connectivity index (χ0) is 20.9. The van der Waals surface area contributed by atoms with E-state index in [1.165, 1.54) is 12.1 Å². The van der Waals surface area contributed by atoms with Crippen LogP contribution in [0, 0.1) is 10.1 Å². The largest absolute Gasteiger partial charge is 0.502 e. The summed E-state index contributed by atoms with van der Waals surface area (Å²) in [5.74, 6) is -0.506. The number of nitrogens with zero attached hydrogens (tertiary/aromatic N) is 2. The summed E-state index contributed by atoms with van der Waals surface area (Å²) in [5.41, 5.74) is 3.03. The second-order valence-electron chi connectivity index (χ2n) is 6.98. The summed E-state index contributed by atoms with van der Waals surface area (Å²) in [6.07, 6.45) is 1.11. The van der Waals surface area contributed by atoms with Crippen LogP contribution in [0.15, 0.2) is 46.0 Å². The Morgan fingerprint density at radius 2 is 1.96 bits per heavy atom. The van der Waals surface area contributed by atoms with E-state index in [4.69, 9.17) is 4.74 Å². The van der Waals surface area contributed by atoms with E-state index in [2.05, 4.69) is 47.2 Å². The molecule has 148 valence electrons. The molecule has 0 aliphatic carbocycles. The SMILES string of the molecule is CC(C)(C)c1ccc(OCC(=O)N/N=C/c2cc(Br)cc([N+](=O)[O-])c2O)cc1. The predicted octanol–water partition coefficient (Wildman–Crippen LogP) is 3.89. The number of nitro groups is 1. The molecular formula is C19H20BrN3O5. The quantitative estimate of drug-likeness (QED) is 0.394. The molecule has 0 atom stereocenters. The summed E-state index contributed by atoms with van der Waals surface area (Å²) >= 11 is 3.12. The van der Waals surface area contributed by atoms with Gasteiger partial charge in [-0.3, -0.25) is 14.9 Å². The van der Waals surface area contributed by atoms with Gasteiger partial charge in [-0.15, -0.1) is 0 Å². The molecule has 9 heteroatoms. The van der Waals surface area contributed by atoms with E-state index in [-0.39, 0.29) is 17.6 Å². The molecule has 2 rings (SSSR count). The molecule has 28 heavy (non-hydrogen) atoms. The molecule has 0 saturated heterocycles. The molecule has 0 saturated carbocycles. The molecule has 0 fully saturated rings. The van der Waals surface area contributed by atoms with Crippen molar-refractivity contribution < 1.29 is 19.6 Å². The molecule has 2 aromatic rings. The Morgan fingerprint density at radius 3 is 2.54 bits per heavy atom.